The smallest absolute Gasteiger partial charge is 0.185 e. The molecule has 0 aliphatic carbocycles. The van der Waals surface area contributed by atoms with E-state index >= 15 is 0 Å². The molecule has 5 heteroatoms. The Morgan fingerprint density at radius 2 is 2.00 bits per heavy atom. The van der Waals surface area contributed by atoms with Gasteiger partial charge in [-0.3, -0.25) is 0 Å². The highest BCUT2D eigenvalue weighted by atomic mass is 32.1. The van der Waals surface area contributed by atoms with Gasteiger partial charge in [-0.2, -0.15) is 0 Å². The number of thiazole rings is 1. The van der Waals surface area contributed by atoms with Crippen LogP contribution in [0.4, 0.5) is 5.13 Å². The number of hydrogen-bond donors (Lipinski definition) is 1. The van der Waals surface area contributed by atoms with Crippen molar-refractivity contribution in [3.05, 3.63) is 40.9 Å². The van der Waals surface area contributed by atoms with Gasteiger partial charge in [0, 0.05) is 37.3 Å². The van der Waals surface area contributed by atoms with E-state index in [0.29, 0.717) is 6.04 Å². The average Bonchev–Trinajstić information content (AvgIpc) is 2.95. The second-order valence-corrected chi connectivity index (χ2v) is 6.44. The molecule has 0 atom stereocenters. The molecule has 2 aromatic rings. The summed E-state index contributed by atoms with van der Waals surface area (Å²) in [6.45, 7) is 6.02. The van der Waals surface area contributed by atoms with Crippen molar-refractivity contribution in [3.8, 4) is 5.75 Å². The first-order valence-corrected chi connectivity index (χ1v) is 7.92. The molecule has 0 unspecified atom stereocenters. The van der Waals surface area contributed by atoms with Gasteiger partial charge in [0.1, 0.15) is 5.75 Å². The number of nitrogens with one attached hydrogen (secondary N) is 1. The fraction of sp³-hybridized carbons (Fsp3) is 0.438. The molecular formula is C16H23N3OS. The summed E-state index contributed by atoms with van der Waals surface area (Å²) in [5, 5.41) is 4.46. The summed E-state index contributed by atoms with van der Waals surface area (Å²) in [6.07, 6.45) is 1.96. The maximum Gasteiger partial charge on any atom is 0.185 e. The zero-order valence-electron chi connectivity index (χ0n) is 13.1. The van der Waals surface area contributed by atoms with Crippen molar-refractivity contribution >= 4 is 16.5 Å². The second kappa shape index (κ2) is 7.43. The molecule has 0 fully saturated rings. The van der Waals surface area contributed by atoms with Crippen molar-refractivity contribution in [3.63, 3.8) is 0 Å². The van der Waals surface area contributed by atoms with Crippen molar-refractivity contribution in [1.29, 1.82) is 0 Å². The maximum atomic E-state index is 5.18. The van der Waals surface area contributed by atoms with Crippen molar-refractivity contribution in [2.45, 2.75) is 33.0 Å². The standard InChI is InChI=1S/C16H23N3OS/c1-12(2)17-9-15-10-18-16(21-15)19(3)11-13-5-7-14(20-4)8-6-13/h5-8,10,12,17H,9,11H2,1-4H3. The molecule has 1 aromatic heterocycles. The average molecular weight is 305 g/mol. The number of aromatic nitrogens is 1. The van der Waals surface area contributed by atoms with E-state index in [2.05, 4.69) is 48.2 Å². The van der Waals surface area contributed by atoms with E-state index in [1.54, 1.807) is 18.4 Å². The Morgan fingerprint density at radius 3 is 2.62 bits per heavy atom. The molecule has 0 radical (unpaired) electrons. The lowest BCUT2D eigenvalue weighted by Gasteiger charge is -2.15. The summed E-state index contributed by atoms with van der Waals surface area (Å²) < 4.78 is 5.18. The normalized spacial score (nSPS) is 10.9. The molecule has 4 nitrogen and oxygen atoms in total. The Hall–Kier alpha value is -1.59. The summed E-state index contributed by atoms with van der Waals surface area (Å²) in [6, 6.07) is 8.65. The first kappa shape index (κ1) is 15.8. The van der Waals surface area contributed by atoms with Gasteiger partial charge in [0.05, 0.1) is 7.11 Å². The van der Waals surface area contributed by atoms with Crippen LogP contribution in [0.2, 0.25) is 0 Å². The Bertz CT molecular complexity index is 551. The van der Waals surface area contributed by atoms with Gasteiger partial charge in [-0.1, -0.05) is 26.0 Å². The van der Waals surface area contributed by atoms with E-state index in [1.807, 2.05) is 18.3 Å². The van der Waals surface area contributed by atoms with Crippen LogP contribution in [0.25, 0.3) is 0 Å². The van der Waals surface area contributed by atoms with Crippen LogP contribution in [0.1, 0.15) is 24.3 Å². The van der Waals surface area contributed by atoms with E-state index in [0.717, 1.165) is 24.0 Å². The van der Waals surface area contributed by atoms with Gasteiger partial charge in [-0.25, -0.2) is 4.98 Å². The van der Waals surface area contributed by atoms with E-state index < -0.39 is 0 Å². The van der Waals surface area contributed by atoms with E-state index in [4.69, 9.17) is 4.74 Å². The van der Waals surface area contributed by atoms with Gasteiger partial charge in [-0.15, -0.1) is 11.3 Å². The number of hydrogen-bond acceptors (Lipinski definition) is 5. The minimum Gasteiger partial charge on any atom is -0.497 e. The van der Waals surface area contributed by atoms with Gasteiger partial charge in [0.25, 0.3) is 0 Å². The minimum absolute atomic E-state index is 0.493. The molecule has 0 aliphatic rings. The van der Waals surface area contributed by atoms with Crippen LogP contribution in [0.15, 0.2) is 30.5 Å². The van der Waals surface area contributed by atoms with Gasteiger partial charge < -0.3 is 15.0 Å². The molecule has 0 bridgehead atoms. The largest absolute Gasteiger partial charge is 0.497 e. The van der Waals surface area contributed by atoms with Crippen molar-refractivity contribution in [2.24, 2.45) is 0 Å². The molecule has 2 rings (SSSR count). The van der Waals surface area contributed by atoms with E-state index in [1.165, 1.54) is 10.4 Å². The SMILES string of the molecule is COc1ccc(CN(C)c2ncc(CNC(C)C)s2)cc1. The van der Waals surface area contributed by atoms with Gasteiger partial charge in [0.15, 0.2) is 5.13 Å². The second-order valence-electron chi connectivity index (χ2n) is 5.35. The minimum atomic E-state index is 0.493. The fourth-order valence-electron chi connectivity index (χ4n) is 1.93. The fourth-order valence-corrected chi connectivity index (χ4v) is 2.75. The Kier molecular flexibility index (Phi) is 5.59. The molecule has 114 valence electrons. The highest BCUT2D eigenvalue weighted by molar-refractivity contribution is 7.15. The quantitative estimate of drug-likeness (QED) is 0.852. The Balaban J connectivity index is 1.94. The Morgan fingerprint density at radius 1 is 1.29 bits per heavy atom. The molecule has 0 saturated carbocycles. The van der Waals surface area contributed by atoms with Crippen LogP contribution >= 0.6 is 11.3 Å². The zero-order valence-corrected chi connectivity index (χ0v) is 13.9. The van der Waals surface area contributed by atoms with Crippen molar-refractivity contribution < 1.29 is 4.74 Å². The highest BCUT2D eigenvalue weighted by Gasteiger charge is 2.08. The third-order valence-electron chi connectivity index (χ3n) is 3.13. The molecule has 0 saturated heterocycles. The number of anilines is 1. The summed E-state index contributed by atoms with van der Waals surface area (Å²) >= 11 is 1.74. The molecular weight excluding hydrogens is 282 g/mol. The van der Waals surface area contributed by atoms with Crippen LogP contribution in [-0.2, 0) is 13.1 Å². The number of benzene rings is 1. The molecule has 1 heterocycles. The first-order chi connectivity index (χ1) is 10.1. The van der Waals surface area contributed by atoms with Crippen LogP contribution < -0.4 is 15.0 Å². The molecule has 1 N–H and O–H groups in total. The topological polar surface area (TPSA) is 37.4 Å². The molecule has 0 spiro atoms. The lowest BCUT2D eigenvalue weighted by atomic mass is 10.2. The zero-order chi connectivity index (χ0) is 15.2. The number of rotatable bonds is 7. The lowest BCUT2D eigenvalue weighted by molar-refractivity contribution is 0.414. The highest BCUT2D eigenvalue weighted by Crippen LogP contribution is 2.23. The first-order valence-electron chi connectivity index (χ1n) is 7.10. The van der Waals surface area contributed by atoms with Crippen molar-refractivity contribution in [2.75, 3.05) is 19.1 Å². The van der Waals surface area contributed by atoms with Gasteiger partial charge >= 0.3 is 0 Å². The van der Waals surface area contributed by atoms with Crippen LogP contribution in [0.3, 0.4) is 0 Å². The third kappa shape index (κ3) is 4.72. The summed E-state index contributed by atoms with van der Waals surface area (Å²) in [4.78, 5) is 7.94. The predicted molar refractivity (Wildman–Crippen MR) is 89.2 cm³/mol. The van der Waals surface area contributed by atoms with Crippen LogP contribution in [0.5, 0.6) is 5.75 Å². The number of nitrogens with zero attached hydrogens (tertiary/aromatic N) is 2. The third-order valence-corrected chi connectivity index (χ3v) is 4.24. The predicted octanol–water partition coefficient (Wildman–Crippen LogP) is 3.29. The number of methoxy groups -OCH3 is 1. The van der Waals surface area contributed by atoms with Gasteiger partial charge in [-0.05, 0) is 17.7 Å². The summed E-state index contributed by atoms with van der Waals surface area (Å²) in [5.41, 5.74) is 1.25. The molecule has 21 heavy (non-hydrogen) atoms. The summed E-state index contributed by atoms with van der Waals surface area (Å²) in [7, 11) is 3.76. The number of ether oxygens (including phenoxy) is 1. The lowest BCUT2D eigenvalue weighted by Crippen LogP contribution is -2.21. The van der Waals surface area contributed by atoms with Gasteiger partial charge in [0.2, 0.25) is 0 Å². The molecule has 0 aliphatic heterocycles. The maximum absolute atomic E-state index is 5.18. The van der Waals surface area contributed by atoms with Crippen LogP contribution in [0, 0.1) is 0 Å². The van der Waals surface area contributed by atoms with E-state index in [-0.39, 0.29) is 0 Å². The molecule has 1 aromatic carbocycles. The summed E-state index contributed by atoms with van der Waals surface area (Å²) in [5.74, 6) is 0.887. The molecule has 0 amide bonds. The van der Waals surface area contributed by atoms with E-state index in [9.17, 15) is 0 Å². The van der Waals surface area contributed by atoms with Crippen molar-refractivity contribution in [1.82, 2.24) is 10.3 Å². The monoisotopic (exact) mass is 305 g/mol. The van der Waals surface area contributed by atoms with Crippen LogP contribution in [-0.4, -0.2) is 25.2 Å². The Labute approximate surface area is 130 Å².